The van der Waals surface area contributed by atoms with Gasteiger partial charge < -0.3 is 5.43 Å². The maximum Gasteiger partial charge on any atom is 0.211 e. The number of hydrogen-bond acceptors (Lipinski definition) is 7. The first-order valence-electron chi connectivity index (χ1n) is 4.18. The minimum absolute atomic E-state index is 0.477. The van der Waals surface area contributed by atoms with Crippen LogP contribution < -0.4 is 11.3 Å². The molecule has 3 heterocycles. The summed E-state index contributed by atoms with van der Waals surface area (Å²) in [5.74, 6) is 5.84. The van der Waals surface area contributed by atoms with E-state index in [4.69, 9.17) is 5.84 Å². The summed E-state index contributed by atoms with van der Waals surface area (Å²) in [6, 6.07) is 0. The molecule has 0 saturated heterocycles. The predicted octanol–water partition coefficient (Wildman–Crippen LogP) is -1.31. The van der Waals surface area contributed by atoms with E-state index in [2.05, 4.69) is 31.1 Å². The zero-order valence-corrected chi connectivity index (χ0v) is 7.79. The lowest BCUT2D eigenvalue weighted by atomic mass is 10.3. The summed E-state index contributed by atoms with van der Waals surface area (Å²) >= 11 is 0. The van der Waals surface area contributed by atoms with Crippen LogP contribution in [0.1, 0.15) is 0 Å². The molecule has 0 aliphatic carbocycles. The summed E-state index contributed by atoms with van der Waals surface area (Å²) in [5, 5.41) is 20.1. The van der Waals surface area contributed by atoms with Gasteiger partial charge in [-0.05, 0) is 10.4 Å². The molecule has 0 saturated carbocycles. The van der Waals surface area contributed by atoms with Crippen LogP contribution in [0.15, 0.2) is 6.20 Å². The third-order valence-electron chi connectivity index (χ3n) is 2.19. The Labute approximate surface area is 82.8 Å². The van der Waals surface area contributed by atoms with Gasteiger partial charge in [-0.1, -0.05) is 0 Å². The number of rotatable bonds is 1. The number of nitrogen functional groups attached to an aromatic ring is 1. The molecular formula is C6H7N9. The summed E-state index contributed by atoms with van der Waals surface area (Å²) < 4.78 is 2.96. The molecule has 0 aliphatic heterocycles. The van der Waals surface area contributed by atoms with Crippen LogP contribution in [-0.2, 0) is 7.05 Å². The molecule has 9 nitrogen and oxygen atoms in total. The van der Waals surface area contributed by atoms with Crippen LogP contribution in [0.2, 0.25) is 0 Å². The highest BCUT2D eigenvalue weighted by Gasteiger charge is 2.13. The van der Waals surface area contributed by atoms with E-state index in [1.54, 1.807) is 17.9 Å². The summed E-state index contributed by atoms with van der Waals surface area (Å²) in [7, 11) is 1.80. The minimum atomic E-state index is 0.477. The van der Waals surface area contributed by atoms with Crippen molar-refractivity contribution in [1.82, 2.24) is 35.0 Å². The molecule has 0 bridgehead atoms. The van der Waals surface area contributed by atoms with E-state index >= 15 is 0 Å². The first kappa shape index (κ1) is 8.05. The van der Waals surface area contributed by atoms with E-state index in [1.165, 1.54) is 4.63 Å². The number of anilines is 1. The van der Waals surface area contributed by atoms with Gasteiger partial charge in [0.2, 0.25) is 5.65 Å². The Morgan fingerprint density at radius 1 is 1.47 bits per heavy atom. The number of aromatic nitrogens is 7. The van der Waals surface area contributed by atoms with E-state index in [9.17, 15) is 0 Å². The molecule has 0 aliphatic rings. The third kappa shape index (κ3) is 0.916. The quantitative estimate of drug-likeness (QED) is 0.374. The number of hydrazine groups is 1. The number of tetrazole rings is 1. The van der Waals surface area contributed by atoms with Gasteiger partial charge in [-0.2, -0.15) is 5.10 Å². The van der Waals surface area contributed by atoms with Gasteiger partial charge in [0.15, 0.2) is 5.82 Å². The molecule has 3 aromatic rings. The van der Waals surface area contributed by atoms with Gasteiger partial charge in [0.05, 0.1) is 11.6 Å². The lowest BCUT2D eigenvalue weighted by Gasteiger charge is -2.02. The van der Waals surface area contributed by atoms with Gasteiger partial charge in [-0.3, -0.25) is 4.68 Å². The Balaban J connectivity index is 2.60. The lowest BCUT2D eigenvalue weighted by Crippen LogP contribution is -2.12. The van der Waals surface area contributed by atoms with Crippen LogP contribution in [0.4, 0.5) is 5.82 Å². The van der Waals surface area contributed by atoms with Crippen LogP contribution in [0.25, 0.3) is 16.6 Å². The van der Waals surface area contributed by atoms with Crippen molar-refractivity contribution in [1.29, 1.82) is 0 Å². The van der Waals surface area contributed by atoms with E-state index in [-0.39, 0.29) is 0 Å². The Hall–Kier alpha value is -2.29. The van der Waals surface area contributed by atoms with Crippen LogP contribution in [0, 0.1) is 0 Å². The maximum absolute atomic E-state index is 5.37. The SMILES string of the molecule is Cn1ncc2c1c(NN)nn1nnnc21. The molecule has 76 valence electrons. The number of hydrogen-bond donors (Lipinski definition) is 2. The topological polar surface area (TPSA) is 112 Å². The lowest BCUT2D eigenvalue weighted by molar-refractivity contribution is 0.733. The fraction of sp³-hybridized carbons (Fsp3) is 0.167. The Morgan fingerprint density at radius 2 is 2.33 bits per heavy atom. The average Bonchev–Trinajstić information content (AvgIpc) is 2.83. The third-order valence-corrected chi connectivity index (χ3v) is 2.19. The van der Waals surface area contributed by atoms with Gasteiger partial charge in [-0.25, -0.2) is 5.84 Å². The molecule has 3 N–H and O–H groups in total. The molecule has 0 aromatic carbocycles. The fourth-order valence-electron chi connectivity index (χ4n) is 1.53. The van der Waals surface area contributed by atoms with E-state index in [1.807, 2.05) is 0 Å². The van der Waals surface area contributed by atoms with Crippen LogP contribution in [-0.4, -0.2) is 35.0 Å². The van der Waals surface area contributed by atoms with Crippen molar-refractivity contribution >= 4 is 22.4 Å². The van der Waals surface area contributed by atoms with E-state index in [0.29, 0.717) is 11.5 Å². The predicted molar refractivity (Wildman–Crippen MR) is 50.7 cm³/mol. The van der Waals surface area contributed by atoms with Crippen molar-refractivity contribution in [2.24, 2.45) is 12.9 Å². The van der Waals surface area contributed by atoms with Gasteiger partial charge in [0.1, 0.15) is 5.52 Å². The molecule has 0 atom stereocenters. The number of nitrogens with one attached hydrogen (secondary N) is 1. The smallest absolute Gasteiger partial charge is 0.211 e. The molecule has 0 radical (unpaired) electrons. The second-order valence-electron chi connectivity index (χ2n) is 3.02. The summed E-state index contributed by atoms with van der Waals surface area (Å²) in [6.45, 7) is 0. The van der Waals surface area contributed by atoms with Crippen LogP contribution in [0.5, 0.6) is 0 Å². The fourth-order valence-corrected chi connectivity index (χ4v) is 1.53. The van der Waals surface area contributed by atoms with Gasteiger partial charge in [-0.15, -0.1) is 14.8 Å². The number of nitrogens with zero attached hydrogens (tertiary/aromatic N) is 7. The van der Waals surface area contributed by atoms with Crippen molar-refractivity contribution in [3.63, 3.8) is 0 Å². The highest BCUT2D eigenvalue weighted by Crippen LogP contribution is 2.21. The zero-order valence-electron chi connectivity index (χ0n) is 7.79. The summed E-state index contributed by atoms with van der Waals surface area (Å²) in [5.41, 5.74) is 3.81. The molecule has 15 heavy (non-hydrogen) atoms. The molecule has 0 unspecified atom stereocenters. The standard InChI is InChI=1S/C6H7N9/c1-14-4-3(2-8-14)6-10-12-13-15(6)11-5(4)9-7/h2H,7H2,1H3,(H,9,11). The normalized spacial score (nSPS) is 11.3. The Kier molecular flexibility index (Phi) is 1.40. The van der Waals surface area contributed by atoms with Gasteiger partial charge in [0, 0.05) is 7.05 Å². The Morgan fingerprint density at radius 3 is 3.13 bits per heavy atom. The summed E-state index contributed by atoms with van der Waals surface area (Å²) in [6.07, 6.45) is 1.67. The van der Waals surface area contributed by atoms with Crippen molar-refractivity contribution in [2.45, 2.75) is 0 Å². The molecule has 9 heteroatoms. The molecule has 3 rings (SSSR count). The number of aryl methyl sites for hydroxylation is 1. The van der Waals surface area contributed by atoms with Crippen molar-refractivity contribution in [3.8, 4) is 0 Å². The molecular weight excluding hydrogens is 198 g/mol. The maximum atomic E-state index is 5.37. The van der Waals surface area contributed by atoms with Crippen molar-refractivity contribution < 1.29 is 0 Å². The molecule has 0 fully saturated rings. The average molecular weight is 205 g/mol. The van der Waals surface area contributed by atoms with Gasteiger partial charge in [0.25, 0.3) is 0 Å². The molecule has 3 aromatic heterocycles. The largest absolute Gasteiger partial charge is 0.305 e. The second-order valence-corrected chi connectivity index (χ2v) is 3.02. The van der Waals surface area contributed by atoms with Crippen molar-refractivity contribution in [3.05, 3.63) is 6.20 Å². The van der Waals surface area contributed by atoms with Crippen LogP contribution >= 0.6 is 0 Å². The molecule has 0 amide bonds. The summed E-state index contributed by atoms with van der Waals surface area (Å²) in [4.78, 5) is 0. The molecule has 0 spiro atoms. The van der Waals surface area contributed by atoms with Crippen molar-refractivity contribution in [2.75, 3.05) is 5.43 Å². The van der Waals surface area contributed by atoms with E-state index < -0.39 is 0 Å². The van der Waals surface area contributed by atoms with Crippen LogP contribution in [0.3, 0.4) is 0 Å². The highest BCUT2D eigenvalue weighted by atomic mass is 15.6. The first-order chi connectivity index (χ1) is 7.31. The zero-order chi connectivity index (χ0) is 10.4. The monoisotopic (exact) mass is 205 g/mol. The van der Waals surface area contributed by atoms with E-state index in [0.717, 1.165) is 10.9 Å². The highest BCUT2D eigenvalue weighted by molar-refractivity contribution is 5.96. The number of fused-ring (bicyclic) bond motifs is 3. The Bertz CT molecular complexity index is 634. The number of nitrogens with two attached hydrogens (primary N) is 1. The minimum Gasteiger partial charge on any atom is -0.305 e. The van der Waals surface area contributed by atoms with Gasteiger partial charge >= 0.3 is 0 Å². The second kappa shape index (κ2) is 2.60. The first-order valence-corrected chi connectivity index (χ1v) is 4.18.